The molecule has 0 saturated carbocycles. The monoisotopic (exact) mass is 254 g/mol. The van der Waals surface area contributed by atoms with Crippen LogP contribution in [-0.4, -0.2) is 33.2 Å². The molecule has 0 amide bonds. The van der Waals surface area contributed by atoms with Gasteiger partial charge in [-0.3, -0.25) is 4.68 Å². The average Bonchev–Trinajstić information content (AvgIpc) is 2.83. The summed E-state index contributed by atoms with van der Waals surface area (Å²) in [5.74, 6) is 0. The Morgan fingerprint density at radius 2 is 2.00 bits per heavy atom. The Morgan fingerprint density at radius 1 is 1.33 bits per heavy atom. The summed E-state index contributed by atoms with van der Waals surface area (Å²) in [5, 5.41) is 14.7. The third-order valence-electron chi connectivity index (χ3n) is 3.68. The molecule has 104 valence electrons. The van der Waals surface area contributed by atoms with E-state index in [0.717, 1.165) is 24.9 Å². The number of hydrogen-bond donors (Lipinski definition) is 1. The van der Waals surface area contributed by atoms with Crippen molar-refractivity contribution >= 4 is 0 Å². The average molecular weight is 254 g/mol. The standard InChI is InChI=1S/C14H26N2O2/c1-5-14(6-2,18-8-4)13(17)9-12-10-15-16(7-3)11-12/h10-11,13,17H,5-9H2,1-4H3. The fraction of sp³-hybridized carbons (Fsp3) is 0.786. The predicted molar refractivity (Wildman–Crippen MR) is 72.6 cm³/mol. The van der Waals surface area contributed by atoms with Crippen LogP contribution < -0.4 is 0 Å². The fourth-order valence-corrected chi connectivity index (χ4v) is 2.40. The summed E-state index contributed by atoms with van der Waals surface area (Å²) in [5.41, 5.74) is 0.638. The molecule has 18 heavy (non-hydrogen) atoms. The van der Waals surface area contributed by atoms with Gasteiger partial charge in [0.2, 0.25) is 0 Å². The molecule has 1 aromatic rings. The van der Waals surface area contributed by atoms with Gasteiger partial charge < -0.3 is 9.84 Å². The second-order valence-electron chi connectivity index (χ2n) is 4.63. The molecule has 1 atom stereocenters. The van der Waals surface area contributed by atoms with Crippen LogP contribution in [0.1, 0.15) is 46.1 Å². The minimum absolute atomic E-state index is 0.428. The first-order valence-electron chi connectivity index (χ1n) is 6.95. The zero-order chi connectivity index (χ0) is 13.6. The number of hydrogen-bond acceptors (Lipinski definition) is 3. The summed E-state index contributed by atoms with van der Waals surface area (Å²) in [6.07, 6.45) is 5.57. The normalized spacial score (nSPS) is 13.8. The van der Waals surface area contributed by atoms with Crippen molar-refractivity contribution < 1.29 is 9.84 Å². The Hall–Kier alpha value is -0.870. The summed E-state index contributed by atoms with van der Waals surface area (Å²) < 4.78 is 7.70. The second kappa shape index (κ2) is 6.90. The van der Waals surface area contributed by atoms with Crippen molar-refractivity contribution in [2.75, 3.05) is 6.61 Å². The first kappa shape index (κ1) is 15.2. The van der Waals surface area contributed by atoms with Gasteiger partial charge in [0.1, 0.15) is 0 Å². The van der Waals surface area contributed by atoms with Crippen molar-refractivity contribution in [3.05, 3.63) is 18.0 Å². The molecule has 0 aromatic carbocycles. The van der Waals surface area contributed by atoms with Crippen molar-refractivity contribution in [1.29, 1.82) is 0 Å². The van der Waals surface area contributed by atoms with Crippen molar-refractivity contribution in [1.82, 2.24) is 9.78 Å². The Balaban J connectivity index is 2.74. The number of aliphatic hydroxyl groups excluding tert-OH is 1. The van der Waals surface area contributed by atoms with E-state index in [1.54, 1.807) is 0 Å². The number of rotatable bonds is 8. The van der Waals surface area contributed by atoms with Gasteiger partial charge in [-0.15, -0.1) is 0 Å². The maximum absolute atomic E-state index is 10.5. The van der Waals surface area contributed by atoms with Gasteiger partial charge in [-0.1, -0.05) is 13.8 Å². The van der Waals surface area contributed by atoms with Crippen molar-refractivity contribution in [3.8, 4) is 0 Å². The number of aliphatic hydroxyl groups is 1. The van der Waals surface area contributed by atoms with Crippen molar-refractivity contribution in [2.24, 2.45) is 0 Å². The van der Waals surface area contributed by atoms with Crippen LogP contribution in [0.4, 0.5) is 0 Å². The zero-order valence-electron chi connectivity index (χ0n) is 12.0. The molecule has 1 heterocycles. The third-order valence-corrected chi connectivity index (χ3v) is 3.68. The first-order valence-corrected chi connectivity index (χ1v) is 6.95. The Bertz CT molecular complexity index is 345. The maximum atomic E-state index is 10.5. The molecule has 0 bridgehead atoms. The van der Waals surface area contributed by atoms with Crippen LogP contribution in [0.2, 0.25) is 0 Å². The topological polar surface area (TPSA) is 47.3 Å². The summed E-state index contributed by atoms with van der Waals surface area (Å²) in [7, 11) is 0. The van der Waals surface area contributed by atoms with E-state index in [9.17, 15) is 5.11 Å². The SMILES string of the molecule is CCOC(CC)(CC)C(O)Cc1cnn(CC)c1. The van der Waals surface area contributed by atoms with Gasteiger partial charge in [0.15, 0.2) is 0 Å². The van der Waals surface area contributed by atoms with E-state index in [2.05, 4.69) is 25.9 Å². The van der Waals surface area contributed by atoms with E-state index in [-0.39, 0.29) is 0 Å². The molecule has 4 nitrogen and oxygen atoms in total. The Morgan fingerprint density at radius 3 is 2.44 bits per heavy atom. The zero-order valence-corrected chi connectivity index (χ0v) is 12.0. The van der Waals surface area contributed by atoms with Crippen LogP contribution in [-0.2, 0) is 17.7 Å². The fourth-order valence-electron chi connectivity index (χ4n) is 2.40. The number of ether oxygens (including phenoxy) is 1. The third kappa shape index (κ3) is 3.33. The molecule has 0 radical (unpaired) electrons. The van der Waals surface area contributed by atoms with Crippen molar-refractivity contribution in [3.63, 3.8) is 0 Å². The van der Waals surface area contributed by atoms with Gasteiger partial charge in [0.25, 0.3) is 0 Å². The van der Waals surface area contributed by atoms with Gasteiger partial charge in [-0.2, -0.15) is 5.10 Å². The number of aromatic nitrogens is 2. The molecule has 1 unspecified atom stereocenters. The lowest BCUT2D eigenvalue weighted by atomic mass is 9.87. The van der Waals surface area contributed by atoms with Crippen LogP contribution in [0.3, 0.4) is 0 Å². The molecule has 0 aliphatic heterocycles. The van der Waals surface area contributed by atoms with Crippen LogP contribution in [0, 0.1) is 0 Å². The highest BCUT2D eigenvalue weighted by molar-refractivity contribution is 5.07. The highest BCUT2D eigenvalue weighted by atomic mass is 16.5. The lowest BCUT2D eigenvalue weighted by Crippen LogP contribution is -2.45. The number of aryl methyl sites for hydroxylation is 1. The van der Waals surface area contributed by atoms with Crippen LogP contribution in [0.5, 0.6) is 0 Å². The predicted octanol–water partition coefficient (Wildman–Crippen LogP) is 2.40. The quantitative estimate of drug-likeness (QED) is 0.775. The van der Waals surface area contributed by atoms with Gasteiger partial charge in [-0.25, -0.2) is 0 Å². The molecule has 0 aliphatic rings. The lowest BCUT2D eigenvalue weighted by Gasteiger charge is -2.36. The van der Waals surface area contributed by atoms with Gasteiger partial charge in [-0.05, 0) is 32.3 Å². The molecular weight excluding hydrogens is 228 g/mol. The molecular formula is C14H26N2O2. The summed E-state index contributed by atoms with van der Waals surface area (Å²) in [6, 6.07) is 0. The molecule has 0 spiro atoms. The van der Waals surface area contributed by atoms with Gasteiger partial charge in [0.05, 0.1) is 17.9 Å². The first-order chi connectivity index (χ1) is 8.61. The van der Waals surface area contributed by atoms with Crippen LogP contribution >= 0.6 is 0 Å². The molecule has 0 fully saturated rings. The smallest absolute Gasteiger partial charge is 0.0938 e. The summed E-state index contributed by atoms with van der Waals surface area (Å²) in [4.78, 5) is 0. The second-order valence-corrected chi connectivity index (χ2v) is 4.63. The van der Waals surface area contributed by atoms with Gasteiger partial charge >= 0.3 is 0 Å². The molecule has 0 saturated heterocycles. The molecule has 1 N–H and O–H groups in total. The number of nitrogens with zero attached hydrogens (tertiary/aromatic N) is 2. The maximum Gasteiger partial charge on any atom is 0.0938 e. The molecule has 4 heteroatoms. The largest absolute Gasteiger partial charge is 0.390 e. The molecule has 0 aliphatic carbocycles. The van der Waals surface area contributed by atoms with Crippen molar-refractivity contribution in [2.45, 2.75) is 65.2 Å². The van der Waals surface area contributed by atoms with Crippen LogP contribution in [0.25, 0.3) is 0 Å². The highest BCUT2D eigenvalue weighted by Crippen LogP contribution is 2.27. The van der Waals surface area contributed by atoms with E-state index in [1.807, 2.05) is 24.0 Å². The Labute approximate surface area is 110 Å². The van der Waals surface area contributed by atoms with Gasteiger partial charge in [0, 0.05) is 25.8 Å². The van der Waals surface area contributed by atoms with E-state index in [1.165, 1.54) is 0 Å². The molecule has 1 aromatic heterocycles. The van der Waals surface area contributed by atoms with E-state index in [4.69, 9.17) is 4.74 Å². The minimum Gasteiger partial charge on any atom is -0.390 e. The summed E-state index contributed by atoms with van der Waals surface area (Å²) in [6.45, 7) is 9.65. The lowest BCUT2D eigenvalue weighted by molar-refractivity contribution is -0.124. The van der Waals surface area contributed by atoms with E-state index < -0.39 is 11.7 Å². The minimum atomic E-state index is -0.484. The summed E-state index contributed by atoms with van der Waals surface area (Å²) >= 11 is 0. The molecule has 1 rings (SSSR count). The van der Waals surface area contributed by atoms with E-state index >= 15 is 0 Å². The van der Waals surface area contributed by atoms with E-state index in [0.29, 0.717) is 13.0 Å². The van der Waals surface area contributed by atoms with Crippen LogP contribution in [0.15, 0.2) is 12.4 Å². The Kier molecular flexibility index (Phi) is 5.82. The highest BCUT2D eigenvalue weighted by Gasteiger charge is 2.35.